The van der Waals surface area contributed by atoms with E-state index in [2.05, 4.69) is 10.3 Å². The van der Waals surface area contributed by atoms with Crippen LogP contribution in [0.1, 0.15) is 18.4 Å². The lowest BCUT2D eigenvalue weighted by Crippen LogP contribution is -2.16. The van der Waals surface area contributed by atoms with E-state index in [9.17, 15) is 0 Å². The SMILES string of the molecule is COc1cc(CNC2CC2)c(-c2ccccn2)cc1OC. The van der Waals surface area contributed by atoms with Crippen molar-refractivity contribution in [3.63, 3.8) is 0 Å². The van der Waals surface area contributed by atoms with Crippen molar-refractivity contribution in [3.05, 3.63) is 42.1 Å². The molecule has 0 spiro atoms. The topological polar surface area (TPSA) is 43.4 Å². The Morgan fingerprint density at radius 2 is 1.90 bits per heavy atom. The minimum absolute atomic E-state index is 0.662. The van der Waals surface area contributed by atoms with E-state index in [1.165, 1.54) is 18.4 Å². The molecule has 1 aliphatic carbocycles. The molecule has 0 amide bonds. The highest BCUT2D eigenvalue weighted by Crippen LogP contribution is 2.35. The zero-order chi connectivity index (χ0) is 14.7. The number of aromatic nitrogens is 1. The second-order valence-electron chi connectivity index (χ2n) is 5.23. The predicted molar refractivity (Wildman–Crippen MR) is 82.6 cm³/mol. The number of pyridine rings is 1. The second-order valence-corrected chi connectivity index (χ2v) is 5.23. The van der Waals surface area contributed by atoms with Gasteiger partial charge in [0.15, 0.2) is 11.5 Å². The van der Waals surface area contributed by atoms with Gasteiger partial charge in [-0.3, -0.25) is 4.98 Å². The Morgan fingerprint density at radius 3 is 2.52 bits per heavy atom. The first kappa shape index (κ1) is 13.9. The normalized spacial score (nSPS) is 14.0. The Bertz CT molecular complexity index is 610. The monoisotopic (exact) mass is 284 g/mol. The number of ether oxygens (including phenoxy) is 2. The van der Waals surface area contributed by atoms with Crippen LogP contribution in [0.4, 0.5) is 0 Å². The highest BCUT2D eigenvalue weighted by Gasteiger charge is 2.21. The summed E-state index contributed by atoms with van der Waals surface area (Å²) in [6, 6.07) is 10.6. The van der Waals surface area contributed by atoms with Gasteiger partial charge in [-0.05, 0) is 42.7 Å². The van der Waals surface area contributed by atoms with Crippen molar-refractivity contribution in [2.24, 2.45) is 0 Å². The summed E-state index contributed by atoms with van der Waals surface area (Å²) in [5, 5.41) is 3.55. The van der Waals surface area contributed by atoms with Gasteiger partial charge in [-0.25, -0.2) is 0 Å². The van der Waals surface area contributed by atoms with Crippen molar-refractivity contribution in [2.75, 3.05) is 14.2 Å². The molecule has 1 aromatic carbocycles. The molecule has 1 N–H and O–H groups in total. The number of nitrogens with zero attached hydrogens (tertiary/aromatic N) is 1. The molecule has 0 saturated heterocycles. The standard InChI is InChI=1S/C17H20N2O2/c1-20-16-9-12(11-19-13-6-7-13)14(10-17(16)21-2)15-5-3-4-8-18-15/h3-5,8-10,13,19H,6-7,11H2,1-2H3. The average molecular weight is 284 g/mol. The number of hydrogen-bond donors (Lipinski definition) is 1. The third-order valence-electron chi connectivity index (χ3n) is 3.71. The van der Waals surface area contributed by atoms with Crippen molar-refractivity contribution >= 4 is 0 Å². The molecule has 1 fully saturated rings. The summed E-state index contributed by atoms with van der Waals surface area (Å²) < 4.78 is 10.8. The summed E-state index contributed by atoms with van der Waals surface area (Å²) in [7, 11) is 3.32. The highest BCUT2D eigenvalue weighted by atomic mass is 16.5. The third kappa shape index (κ3) is 3.16. The van der Waals surface area contributed by atoms with Gasteiger partial charge in [0.05, 0.1) is 19.9 Å². The van der Waals surface area contributed by atoms with E-state index >= 15 is 0 Å². The first-order valence-corrected chi connectivity index (χ1v) is 7.21. The maximum absolute atomic E-state index is 5.42. The Labute approximate surface area is 125 Å². The first-order valence-electron chi connectivity index (χ1n) is 7.21. The van der Waals surface area contributed by atoms with Gasteiger partial charge in [-0.2, -0.15) is 0 Å². The van der Waals surface area contributed by atoms with Crippen LogP contribution in [0.2, 0.25) is 0 Å². The minimum atomic E-state index is 0.662. The fraction of sp³-hybridized carbons (Fsp3) is 0.353. The summed E-state index contributed by atoms with van der Waals surface area (Å²) in [4.78, 5) is 4.46. The molecule has 1 heterocycles. The van der Waals surface area contributed by atoms with Crippen LogP contribution >= 0.6 is 0 Å². The molecule has 0 aliphatic heterocycles. The molecule has 0 atom stereocenters. The van der Waals surface area contributed by atoms with Gasteiger partial charge in [0.2, 0.25) is 0 Å². The largest absolute Gasteiger partial charge is 0.493 e. The van der Waals surface area contributed by atoms with Gasteiger partial charge in [-0.15, -0.1) is 0 Å². The van der Waals surface area contributed by atoms with E-state index in [-0.39, 0.29) is 0 Å². The van der Waals surface area contributed by atoms with Crippen LogP contribution in [0.25, 0.3) is 11.3 Å². The van der Waals surface area contributed by atoms with Crippen LogP contribution < -0.4 is 14.8 Å². The zero-order valence-corrected chi connectivity index (χ0v) is 12.4. The number of rotatable bonds is 6. The summed E-state index contributed by atoms with van der Waals surface area (Å²) in [6.07, 6.45) is 4.35. The lowest BCUT2D eigenvalue weighted by atomic mass is 10.0. The van der Waals surface area contributed by atoms with Gasteiger partial charge in [0.1, 0.15) is 0 Å². The smallest absolute Gasteiger partial charge is 0.161 e. The number of benzene rings is 1. The maximum atomic E-state index is 5.42. The Morgan fingerprint density at radius 1 is 1.14 bits per heavy atom. The average Bonchev–Trinajstić information content (AvgIpc) is 3.37. The van der Waals surface area contributed by atoms with Gasteiger partial charge >= 0.3 is 0 Å². The van der Waals surface area contributed by atoms with E-state index < -0.39 is 0 Å². The van der Waals surface area contributed by atoms with Crippen LogP contribution in [0.3, 0.4) is 0 Å². The maximum Gasteiger partial charge on any atom is 0.161 e. The van der Waals surface area contributed by atoms with Gasteiger partial charge in [-0.1, -0.05) is 6.07 Å². The van der Waals surface area contributed by atoms with Crippen LogP contribution in [0.15, 0.2) is 36.5 Å². The fourth-order valence-corrected chi connectivity index (χ4v) is 2.37. The molecule has 2 aromatic rings. The number of methoxy groups -OCH3 is 2. The molecule has 21 heavy (non-hydrogen) atoms. The summed E-state index contributed by atoms with van der Waals surface area (Å²) >= 11 is 0. The van der Waals surface area contributed by atoms with E-state index in [1.807, 2.05) is 36.5 Å². The minimum Gasteiger partial charge on any atom is -0.493 e. The predicted octanol–water partition coefficient (Wildman–Crippen LogP) is 3.02. The molecule has 4 nitrogen and oxygen atoms in total. The second kappa shape index (κ2) is 6.14. The number of nitrogens with one attached hydrogen (secondary N) is 1. The lowest BCUT2D eigenvalue weighted by molar-refractivity contribution is 0.354. The quantitative estimate of drug-likeness (QED) is 0.885. The molecule has 0 unspecified atom stereocenters. The summed E-state index contributed by atoms with van der Waals surface area (Å²) in [5.74, 6) is 1.48. The molecule has 0 bridgehead atoms. The molecule has 110 valence electrons. The van der Waals surface area contributed by atoms with Crippen molar-refractivity contribution in [1.29, 1.82) is 0 Å². The van der Waals surface area contributed by atoms with Crippen molar-refractivity contribution in [1.82, 2.24) is 10.3 Å². The Hall–Kier alpha value is -2.07. The molecule has 1 saturated carbocycles. The van der Waals surface area contributed by atoms with Gasteiger partial charge in [0, 0.05) is 24.3 Å². The van der Waals surface area contributed by atoms with E-state index in [0.717, 1.165) is 29.3 Å². The molecule has 4 heteroatoms. The highest BCUT2D eigenvalue weighted by molar-refractivity contribution is 5.68. The Balaban J connectivity index is 2.00. The molecule has 1 aliphatic rings. The summed E-state index contributed by atoms with van der Waals surface area (Å²) in [5.41, 5.74) is 3.21. The molecule has 1 aromatic heterocycles. The van der Waals surface area contributed by atoms with E-state index in [1.54, 1.807) is 14.2 Å². The zero-order valence-electron chi connectivity index (χ0n) is 12.4. The van der Waals surface area contributed by atoms with Gasteiger partial charge < -0.3 is 14.8 Å². The Kier molecular flexibility index (Phi) is 4.06. The van der Waals surface area contributed by atoms with Crippen molar-refractivity contribution in [2.45, 2.75) is 25.4 Å². The van der Waals surface area contributed by atoms with E-state index in [0.29, 0.717) is 6.04 Å². The fourth-order valence-electron chi connectivity index (χ4n) is 2.37. The van der Waals surface area contributed by atoms with Crippen LogP contribution in [-0.4, -0.2) is 25.2 Å². The van der Waals surface area contributed by atoms with Crippen molar-refractivity contribution in [3.8, 4) is 22.8 Å². The van der Waals surface area contributed by atoms with Crippen molar-refractivity contribution < 1.29 is 9.47 Å². The van der Waals surface area contributed by atoms with E-state index in [4.69, 9.17) is 9.47 Å². The van der Waals surface area contributed by atoms with Gasteiger partial charge in [0.25, 0.3) is 0 Å². The molecular weight excluding hydrogens is 264 g/mol. The van der Waals surface area contributed by atoms with Crippen LogP contribution in [-0.2, 0) is 6.54 Å². The molecule has 3 rings (SSSR count). The molecular formula is C17H20N2O2. The van der Waals surface area contributed by atoms with Crippen LogP contribution in [0, 0.1) is 0 Å². The third-order valence-corrected chi connectivity index (χ3v) is 3.71. The summed E-state index contributed by atoms with van der Waals surface area (Å²) in [6.45, 7) is 0.816. The molecule has 0 radical (unpaired) electrons. The lowest BCUT2D eigenvalue weighted by Gasteiger charge is -2.15. The van der Waals surface area contributed by atoms with Crippen LogP contribution in [0.5, 0.6) is 11.5 Å². The first-order chi connectivity index (χ1) is 10.3. The number of hydrogen-bond acceptors (Lipinski definition) is 4.